The Labute approximate surface area is 95.5 Å². The van der Waals surface area contributed by atoms with E-state index in [-0.39, 0.29) is 5.91 Å². The summed E-state index contributed by atoms with van der Waals surface area (Å²) in [5.41, 5.74) is 7.37. The number of anilines is 1. The second-order valence-electron chi connectivity index (χ2n) is 3.89. The highest BCUT2D eigenvalue weighted by molar-refractivity contribution is 5.76. The van der Waals surface area contributed by atoms with Crippen LogP contribution in [-0.4, -0.2) is 23.7 Å². The minimum Gasteiger partial charge on any atom is -0.399 e. The first-order valence-corrected chi connectivity index (χ1v) is 5.37. The quantitative estimate of drug-likeness (QED) is 0.642. The van der Waals surface area contributed by atoms with Gasteiger partial charge < -0.3 is 16.2 Å². The lowest BCUT2D eigenvalue weighted by atomic mass is 10.1. The number of hydrogen-bond acceptors (Lipinski definition) is 3. The van der Waals surface area contributed by atoms with Crippen molar-refractivity contribution in [2.24, 2.45) is 0 Å². The Kier molecular flexibility index (Phi) is 4.79. The van der Waals surface area contributed by atoms with E-state index in [1.165, 1.54) is 0 Å². The maximum Gasteiger partial charge on any atom is 0.220 e. The number of aryl methyl sites for hydroxylation is 1. The molecule has 0 bridgehead atoms. The highest BCUT2D eigenvalue weighted by Gasteiger charge is 2.03. The number of rotatable bonds is 5. The van der Waals surface area contributed by atoms with Crippen LogP contribution in [0.2, 0.25) is 0 Å². The predicted molar refractivity (Wildman–Crippen MR) is 63.9 cm³/mol. The molecule has 0 fully saturated rings. The van der Waals surface area contributed by atoms with E-state index in [9.17, 15) is 4.79 Å². The van der Waals surface area contributed by atoms with Crippen LogP contribution in [0.5, 0.6) is 0 Å². The van der Waals surface area contributed by atoms with Crippen LogP contribution in [0.4, 0.5) is 5.69 Å². The van der Waals surface area contributed by atoms with Gasteiger partial charge in [-0.15, -0.1) is 0 Å². The molecule has 0 aliphatic heterocycles. The van der Waals surface area contributed by atoms with Crippen LogP contribution in [0, 0.1) is 0 Å². The molecule has 0 spiro atoms. The van der Waals surface area contributed by atoms with Gasteiger partial charge in [-0.25, -0.2) is 0 Å². The predicted octanol–water partition coefficient (Wildman–Crippen LogP) is 0.698. The molecule has 4 N–H and O–H groups in total. The van der Waals surface area contributed by atoms with E-state index >= 15 is 0 Å². The van der Waals surface area contributed by atoms with Gasteiger partial charge in [0, 0.05) is 18.7 Å². The summed E-state index contributed by atoms with van der Waals surface area (Å²) in [4.78, 5) is 11.3. The number of carbonyl (C=O) groups excluding carboxylic acids is 1. The zero-order valence-electron chi connectivity index (χ0n) is 9.44. The smallest absolute Gasteiger partial charge is 0.220 e. The highest BCUT2D eigenvalue weighted by atomic mass is 16.3. The fourth-order valence-corrected chi connectivity index (χ4v) is 1.29. The van der Waals surface area contributed by atoms with E-state index in [4.69, 9.17) is 10.8 Å². The average Bonchev–Trinajstić information content (AvgIpc) is 2.25. The van der Waals surface area contributed by atoms with Gasteiger partial charge in [-0.05, 0) is 31.0 Å². The van der Waals surface area contributed by atoms with Gasteiger partial charge in [-0.1, -0.05) is 12.1 Å². The average molecular weight is 222 g/mol. The molecule has 0 aromatic heterocycles. The molecule has 0 saturated carbocycles. The molecule has 4 heteroatoms. The van der Waals surface area contributed by atoms with Crippen LogP contribution < -0.4 is 11.1 Å². The maximum atomic E-state index is 11.3. The Morgan fingerprint density at radius 2 is 2.06 bits per heavy atom. The zero-order valence-corrected chi connectivity index (χ0v) is 9.44. The van der Waals surface area contributed by atoms with Gasteiger partial charge >= 0.3 is 0 Å². The van der Waals surface area contributed by atoms with Gasteiger partial charge in [0.05, 0.1) is 6.10 Å². The zero-order chi connectivity index (χ0) is 12.0. The third-order valence-electron chi connectivity index (χ3n) is 2.22. The van der Waals surface area contributed by atoms with Gasteiger partial charge in [0.2, 0.25) is 5.91 Å². The minimum atomic E-state index is -0.500. The second-order valence-corrected chi connectivity index (χ2v) is 3.89. The van der Waals surface area contributed by atoms with Crippen molar-refractivity contribution in [2.45, 2.75) is 25.9 Å². The first kappa shape index (κ1) is 12.5. The third kappa shape index (κ3) is 4.79. The number of nitrogens with one attached hydrogen (secondary N) is 1. The Balaban J connectivity index is 2.29. The van der Waals surface area contributed by atoms with Crippen molar-refractivity contribution in [3.8, 4) is 0 Å². The van der Waals surface area contributed by atoms with Gasteiger partial charge in [0.15, 0.2) is 0 Å². The Morgan fingerprint density at radius 1 is 1.44 bits per heavy atom. The first-order chi connectivity index (χ1) is 7.58. The highest BCUT2D eigenvalue weighted by Crippen LogP contribution is 2.07. The van der Waals surface area contributed by atoms with Crippen LogP contribution in [0.25, 0.3) is 0 Å². The van der Waals surface area contributed by atoms with Crippen molar-refractivity contribution in [1.29, 1.82) is 0 Å². The van der Waals surface area contributed by atoms with Crippen LogP contribution in [0.3, 0.4) is 0 Å². The lowest BCUT2D eigenvalue weighted by Crippen LogP contribution is -2.30. The number of aliphatic hydroxyl groups is 1. The van der Waals surface area contributed by atoms with Crippen molar-refractivity contribution in [2.75, 3.05) is 12.3 Å². The van der Waals surface area contributed by atoms with Crippen LogP contribution >= 0.6 is 0 Å². The summed E-state index contributed by atoms with van der Waals surface area (Å²) in [5, 5.41) is 11.6. The molecule has 0 heterocycles. The summed E-state index contributed by atoms with van der Waals surface area (Å²) < 4.78 is 0. The number of amides is 1. The van der Waals surface area contributed by atoms with Gasteiger partial charge in [0.25, 0.3) is 0 Å². The molecule has 88 valence electrons. The summed E-state index contributed by atoms with van der Waals surface area (Å²) in [5.74, 6) is -0.0438. The number of carbonyl (C=O) groups is 1. The maximum absolute atomic E-state index is 11.3. The Bertz CT molecular complexity index is 333. The van der Waals surface area contributed by atoms with Gasteiger partial charge in [0.1, 0.15) is 0 Å². The van der Waals surface area contributed by atoms with E-state index < -0.39 is 6.10 Å². The van der Waals surface area contributed by atoms with Crippen molar-refractivity contribution in [3.05, 3.63) is 29.8 Å². The molecule has 0 radical (unpaired) electrons. The van der Waals surface area contributed by atoms with E-state index in [1.807, 2.05) is 24.3 Å². The monoisotopic (exact) mass is 222 g/mol. The molecule has 1 amide bonds. The molecule has 1 aromatic rings. The van der Waals surface area contributed by atoms with Crippen molar-refractivity contribution < 1.29 is 9.90 Å². The van der Waals surface area contributed by atoms with Crippen LogP contribution in [-0.2, 0) is 11.2 Å². The summed E-state index contributed by atoms with van der Waals surface area (Å²) in [7, 11) is 0. The fourth-order valence-electron chi connectivity index (χ4n) is 1.29. The van der Waals surface area contributed by atoms with Crippen molar-refractivity contribution in [1.82, 2.24) is 5.32 Å². The normalized spacial score (nSPS) is 12.1. The number of hydrogen-bond donors (Lipinski definition) is 3. The molecule has 0 saturated heterocycles. The molecule has 0 aliphatic carbocycles. The number of nitrogens with two attached hydrogens (primary N) is 1. The molecule has 1 aromatic carbocycles. The Hall–Kier alpha value is -1.55. The van der Waals surface area contributed by atoms with E-state index in [2.05, 4.69) is 5.32 Å². The van der Waals surface area contributed by atoms with E-state index in [0.29, 0.717) is 19.4 Å². The van der Waals surface area contributed by atoms with E-state index in [1.54, 1.807) is 6.92 Å². The van der Waals surface area contributed by atoms with Gasteiger partial charge in [-0.2, -0.15) is 0 Å². The summed E-state index contributed by atoms with van der Waals surface area (Å²) in [6.07, 6.45) is 0.614. The molecule has 16 heavy (non-hydrogen) atoms. The largest absolute Gasteiger partial charge is 0.399 e. The summed E-state index contributed by atoms with van der Waals surface area (Å²) in [6.45, 7) is 1.95. The van der Waals surface area contributed by atoms with Gasteiger partial charge in [-0.3, -0.25) is 4.79 Å². The fraction of sp³-hybridized carbons (Fsp3) is 0.417. The molecule has 4 nitrogen and oxygen atoms in total. The molecule has 1 atom stereocenters. The number of aliphatic hydroxyl groups excluding tert-OH is 1. The molecule has 0 aliphatic rings. The third-order valence-corrected chi connectivity index (χ3v) is 2.22. The van der Waals surface area contributed by atoms with Crippen LogP contribution in [0.15, 0.2) is 24.3 Å². The van der Waals surface area contributed by atoms with Crippen molar-refractivity contribution in [3.63, 3.8) is 0 Å². The lowest BCUT2D eigenvalue weighted by Gasteiger charge is -2.07. The standard InChI is InChI=1S/C12H18N2O2/c1-9(15)8-14-12(16)7-4-10-2-5-11(13)6-3-10/h2-3,5-6,9,15H,4,7-8,13H2,1H3,(H,14,16)/t9-/m0/s1. The SMILES string of the molecule is C[C@H](O)CNC(=O)CCc1ccc(N)cc1. The van der Waals surface area contributed by atoms with Crippen molar-refractivity contribution >= 4 is 11.6 Å². The molecular formula is C12H18N2O2. The lowest BCUT2D eigenvalue weighted by molar-refractivity contribution is -0.121. The second kappa shape index (κ2) is 6.12. The Morgan fingerprint density at radius 3 is 2.62 bits per heavy atom. The summed E-state index contributed by atoms with van der Waals surface area (Å²) in [6, 6.07) is 7.47. The molecule has 0 unspecified atom stereocenters. The van der Waals surface area contributed by atoms with Crippen LogP contribution in [0.1, 0.15) is 18.9 Å². The number of nitrogen functional groups attached to an aromatic ring is 1. The number of benzene rings is 1. The minimum absolute atomic E-state index is 0.0438. The summed E-state index contributed by atoms with van der Waals surface area (Å²) >= 11 is 0. The first-order valence-electron chi connectivity index (χ1n) is 5.37. The molecule has 1 rings (SSSR count). The topological polar surface area (TPSA) is 75.3 Å². The van der Waals surface area contributed by atoms with E-state index in [0.717, 1.165) is 11.3 Å². The molecular weight excluding hydrogens is 204 g/mol.